The highest BCUT2D eigenvalue weighted by molar-refractivity contribution is 6.77. The second-order valence-corrected chi connectivity index (χ2v) is 14.9. The Bertz CT molecular complexity index is 733. The fraction of sp³-hybridized carbons (Fsp3) is 0.640. The van der Waals surface area contributed by atoms with Gasteiger partial charge in [-0.3, -0.25) is 0 Å². The smallest absolute Gasteiger partial charge is 0.334 e. The van der Waals surface area contributed by atoms with Crippen LogP contribution in [0.1, 0.15) is 84.8 Å². The summed E-state index contributed by atoms with van der Waals surface area (Å²) in [4.78, 5) is 12.6. The van der Waals surface area contributed by atoms with E-state index in [1.807, 2.05) is 6.08 Å². The van der Waals surface area contributed by atoms with E-state index in [-0.39, 0.29) is 24.3 Å². The number of cyclic esters (lactones) is 1. The normalized spacial score (nSPS) is 19.4. The topological polar surface area (TPSA) is 35.5 Å². The molecule has 168 valence electrons. The average Bonchev–Trinajstić information content (AvgIpc) is 2.66. The maximum Gasteiger partial charge on any atom is 0.334 e. The molecule has 0 saturated carbocycles. The highest BCUT2D eigenvalue weighted by atomic mass is 28.4. The van der Waals surface area contributed by atoms with Crippen LogP contribution < -0.4 is 0 Å². The van der Waals surface area contributed by atoms with E-state index >= 15 is 0 Å². The molecular formula is C25H39FO3Si. The lowest BCUT2D eigenvalue weighted by Crippen LogP contribution is -2.48. The Labute approximate surface area is 183 Å². The Morgan fingerprint density at radius 3 is 2.33 bits per heavy atom. The molecule has 1 atom stereocenters. The number of unbranched alkanes of at least 4 members (excludes halogenated alkanes) is 1. The van der Waals surface area contributed by atoms with Gasteiger partial charge >= 0.3 is 5.97 Å². The second-order valence-electron chi connectivity index (χ2n) is 9.47. The van der Waals surface area contributed by atoms with Gasteiger partial charge in [0.25, 0.3) is 0 Å². The van der Waals surface area contributed by atoms with Gasteiger partial charge in [0.1, 0.15) is 12.4 Å². The van der Waals surface area contributed by atoms with Crippen LogP contribution >= 0.6 is 0 Å². The number of ether oxygens (including phenoxy) is 1. The summed E-state index contributed by atoms with van der Waals surface area (Å²) in [7, 11) is -2.07. The predicted molar refractivity (Wildman–Crippen MR) is 125 cm³/mol. The van der Waals surface area contributed by atoms with Crippen LogP contribution in [0.2, 0.25) is 16.6 Å². The molecule has 1 unspecified atom stereocenters. The zero-order chi connectivity index (χ0) is 22.5. The molecule has 2 rings (SSSR count). The molecule has 3 nitrogen and oxygen atoms in total. The number of carbonyl (C=O) groups excluding carboxylic acids is 1. The molecule has 0 radical (unpaired) electrons. The minimum Gasteiger partial charge on any atom is -0.462 e. The molecule has 0 spiro atoms. The van der Waals surface area contributed by atoms with Gasteiger partial charge in [0.2, 0.25) is 0 Å². The fourth-order valence-corrected chi connectivity index (χ4v) is 10.6. The Morgan fingerprint density at radius 1 is 1.13 bits per heavy atom. The number of hydrogen-bond donors (Lipinski definition) is 0. The standard InChI is InChI=1S/C25H39FO3Si/c1-8-9-10-21-13-20-11-12-23(26)14-24(20)22(15-28-25(21)27)16-29-30(17(2)3,18(4)5)19(6)7/h11-14,17-19,22H,8-10,15-16H2,1-7H3/b21-13-. The first-order chi connectivity index (χ1) is 14.1. The van der Waals surface area contributed by atoms with Gasteiger partial charge < -0.3 is 9.16 Å². The van der Waals surface area contributed by atoms with Crippen LogP contribution in [0.5, 0.6) is 0 Å². The number of fused-ring (bicyclic) bond motifs is 1. The molecule has 1 heterocycles. The van der Waals surface area contributed by atoms with Crippen LogP contribution in [-0.4, -0.2) is 27.5 Å². The molecule has 1 aliphatic rings. The molecule has 0 aromatic heterocycles. The Balaban J connectivity index is 2.40. The van der Waals surface area contributed by atoms with Crippen molar-refractivity contribution in [3.8, 4) is 0 Å². The van der Waals surface area contributed by atoms with Crippen molar-refractivity contribution in [3.05, 3.63) is 40.7 Å². The first-order valence-electron chi connectivity index (χ1n) is 11.4. The molecule has 0 fully saturated rings. The minimum absolute atomic E-state index is 0.174. The zero-order valence-electron chi connectivity index (χ0n) is 19.8. The maximum atomic E-state index is 14.2. The van der Waals surface area contributed by atoms with Gasteiger partial charge in [-0.15, -0.1) is 0 Å². The van der Waals surface area contributed by atoms with Gasteiger partial charge in [0.15, 0.2) is 8.32 Å². The van der Waals surface area contributed by atoms with Gasteiger partial charge in [0, 0.05) is 18.1 Å². The third-order valence-electron chi connectivity index (χ3n) is 6.54. The van der Waals surface area contributed by atoms with Crippen molar-refractivity contribution in [1.82, 2.24) is 0 Å². The van der Waals surface area contributed by atoms with Gasteiger partial charge in [0.05, 0.1) is 0 Å². The number of carbonyl (C=O) groups is 1. The third-order valence-corrected chi connectivity index (χ3v) is 12.6. The van der Waals surface area contributed by atoms with E-state index in [0.29, 0.717) is 35.2 Å². The highest BCUT2D eigenvalue weighted by Gasteiger charge is 2.45. The largest absolute Gasteiger partial charge is 0.462 e. The number of esters is 1. The first kappa shape index (κ1) is 24.8. The summed E-state index contributed by atoms with van der Waals surface area (Å²) in [5, 5.41) is 0. The quantitative estimate of drug-likeness (QED) is 0.304. The van der Waals surface area contributed by atoms with Gasteiger partial charge in [-0.25, -0.2) is 9.18 Å². The number of hydrogen-bond acceptors (Lipinski definition) is 3. The van der Waals surface area contributed by atoms with Crippen LogP contribution in [0.3, 0.4) is 0 Å². The molecule has 0 saturated heterocycles. The van der Waals surface area contributed by atoms with Crippen molar-refractivity contribution in [1.29, 1.82) is 0 Å². The SMILES string of the molecule is CCCC/C1=C/c2ccc(F)cc2C(CO[Si](C(C)C)(C(C)C)C(C)C)COC1=O. The minimum atomic E-state index is -2.07. The summed E-state index contributed by atoms with van der Waals surface area (Å²) in [5.74, 6) is -0.704. The Hall–Kier alpha value is -1.46. The van der Waals surface area contributed by atoms with E-state index in [4.69, 9.17) is 9.16 Å². The van der Waals surface area contributed by atoms with Crippen molar-refractivity contribution in [2.75, 3.05) is 13.2 Å². The van der Waals surface area contributed by atoms with Gasteiger partial charge in [-0.05, 0) is 58.8 Å². The zero-order valence-corrected chi connectivity index (χ0v) is 20.8. The predicted octanol–water partition coefficient (Wildman–Crippen LogP) is 7.23. The van der Waals surface area contributed by atoms with Crippen LogP contribution in [0.15, 0.2) is 23.8 Å². The summed E-state index contributed by atoms with van der Waals surface area (Å²) >= 11 is 0. The lowest BCUT2D eigenvalue weighted by Gasteiger charge is -2.43. The molecule has 0 amide bonds. The molecular weight excluding hydrogens is 395 g/mol. The van der Waals surface area contributed by atoms with Gasteiger partial charge in [-0.1, -0.05) is 61.0 Å². The summed E-state index contributed by atoms with van der Waals surface area (Å²) in [6.45, 7) is 16.3. The summed E-state index contributed by atoms with van der Waals surface area (Å²) in [5.41, 5.74) is 3.82. The summed E-state index contributed by atoms with van der Waals surface area (Å²) < 4.78 is 26.6. The monoisotopic (exact) mass is 434 g/mol. The molecule has 30 heavy (non-hydrogen) atoms. The van der Waals surface area contributed by atoms with Crippen molar-refractivity contribution in [3.63, 3.8) is 0 Å². The van der Waals surface area contributed by atoms with E-state index in [9.17, 15) is 9.18 Å². The lowest BCUT2D eigenvalue weighted by atomic mass is 9.92. The molecule has 1 aromatic rings. The van der Waals surface area contributed by atoms with E-state index in [1.165, 1.54) is 6.07 Å². The van der Waals surface area contributed by atoms with Crippen molar-refractivity contribution in [2.24, 2.45) is 0 Å². The van der Waals surface area contributed by atoms with Crippen LogP contribution in [0.25, 0.3) is 6.08 Å². The molecule has 1 aliphatic heterocycles. The van der Waals surface area contributed by atoms with E-state index in [1.54, 1.807) is 12.1 Å². The third kappa shape index (κ3) is 5.41. The van der Waals surface area contributed by atoms with Crippen LogP contribution in [0, 0.1) is 5.82 Å². The lowest BCUT2D eigenvalue weighted by molar-refractivity contribution is -0.140. The van der Waals surface area contributed by atoms with E-state index < -0.39 is 8.32 Å². The van der Waals surface area contributed by atoms with Crippen molar-refractivity contribution >= 4 is 20.4 Å². The molecule has 1 aromatic carbocycles. The van der Waals surface area contributed by atoms with Crippen LogP contribution in [0.4, 0.5) is 4.39 Å². The summed E-state index contributed by atoms with van der Waals surface area (Å²) in [6, 6.07) is 4.83. The van der Waals surface area contributed by atoms with E-state index in [0.717, 1.165) is 24.0 Å². The number of benzene rings is 1. The number of rotatable bonds is 9. The maximum absolute atomic E-state index is 14.2. The Kier molecular flexibility index (Phi) is 8.86. The molecule has 0 bridgehead atoms. The summed E-state index contributed by atoms with van der Waals surface area (Å²) in [6.07, 6.45) is 4.49. The molecule has 0 N–H and O–H groups in total. The second kappa shape index (κ2) is 10.7. The number of halogens is 1. The van der Waals surface area contributed by atoms with Crippen molar-refractivity contribution in [2.45, 2.75) is 90.3 Å². The molecule has 0 aliphatic carbocycles. The average molecular weight is 435 g/mol. The van der Waals surface area contributed by atoms with E-state index in [2.05, 4.69) is 48.5 Å². The van der Waals surface area contributed by atoms with Gasteiger partial charge in [-0.2, -0.15) is 0 Å². The Morgan fingerprint density at radius 2 is 1.77 bits per heavy atom. The fourth-order valence-electron chi connectivity index (χ4n) is 5.06. The van der Waals surface area contributed by atoms with Crippen molar-refractivity contribution < 1.29 is 18.3 Å². The molecule has 5 heteroatoms. The van der Waals surface area contributed by atoms with Crippen LogP contribution in [-0.2, 0) is 14.0 Å². The first-order valence-corrected chi connectivity index (χ1v) is 13.6. The highest BCUT2D eigenvalue weighted by Crippen LogP contribution is 2.43.